The van der Waals surface area contributed by atoms with Crippen LogP contribution in [-0.2, 0) is 13.2 Å². The zero-order valence-electron chi connectivity index (χ0n) is 10.4. The smallest absolute Gasteiger partial charge is 0.138 e. The van der Waals surface area contributed by atoms with Crippen LogP contribution in [0.5, 0.6) is 5.75 Å². The first-order chi connectivity index (χ1) is 9.36. The summed E-state index contributed by atoms with van der Waals surface area (Å²) in [4.78, 5) is 5.22. The third kappa shape index (κ3) is 2.59. The maximum Gasteiger partial charge on any atom is 0.138 e. The number of hydrogen-bond donors (Lipinski definition) is 1. The Bertz CT molecular complexity index is 679. The summed E-state index contributed by atoms with van der Waals surface area (Å²) in [5.74, 6) is 0.791. The van der Waals surface area contributed by atoms with Crippen molar-refractivity contribution in [3.63, 3.8) is 0 Å². The highest BCUT2D eigenvalue weighted by molar-refractivity contribution is 7.19. The number of nitrogens with zero attached hydrogens (tertiary/aromatic N) is 1. The van der Waals surface area contributed by atoms with Gasteiger partial charge >= 0.3 is 0 Å². The second kappa shape index (κ2) is 5.38. The Hall–Kier alpha value is -1.91. The summed E-state index contributed by atoms with van der Waals surface area (Å²) in [5, 5.41) is 1.24. The molecule has 3 nitrogen and oxygen atoms in total. The maximum atomic E-state index is 5.76. The van der Waals surface area contributed by atoms with E-state index in [2.05, 4.69) is 23.2 Å². The van der Waals surface area contributed by atoms with Gasteiger partial charge in [-0.15, -0.1) is 11.3 Å². The Morgan fingerprint density at radius 2 is 2.16 bits per heavy atom. The highest BCUT2D eigenvalue weighted by atomic mass is 32.1. The fourth-order valence-corrected chi connectivity index (χ4v) is 3.03. The van der Waals surface area contributed by atoms with Gasteiger partial charge in [-0.2, -0.15) is 0 Å². The quantitative estimate of drug-likeness (QED) is 0.791. The van der Waals surface area contributed by atoms with E-state index in [0.29, 0.717) is 13.2 Å². The van der Waals surface area contributed by atoms with Gasteiger partial charge in [0.25, 0.3) is 0 Å². The number of hydrogen-bond acceptors (Lipinski definition) is 4. The average molecular weight is 270 g/mol. The molecule has 0 spiro atoms. The van der Waals surface area contributed by atoms with E-state index >= 15 is 0 Å². The van der Waals surface area contributed by atoms with Gasteiger partial charge in [0.05, 0.1) is 6.20 Å². The van der Waals surface area contributed by atoms with Crippen LogP contribution in [0.1, 0.15) is 10.4 Å². The van der Waals surface area contributed by atoms with Gasteiger partial charge in [-0.3, -0.25) is 4.98 Å². The van der Waals surface area contributed by atoms with Crippen LogP contribution < -0.4 is 10.5 Å². The summed E-state index contributed by atoms with van der Waals surface area (Å²) in [6.07, 6.45) is 3.46. The molecular formula is C15H14N2OS. The Balaban J connectivity index is 1.82. The maximum absolute atomic E-state index is 5.76. The molecule has 4 heteroatoms. The molecule has 0 fully saturated rings. The minimum atomic E-state index is 0.565. The first-order valence-corrected chi connectivity index (χ1v) is 6.91. The van der Waals surface area contributed by atoms with Crippen molar-refractivity contribution in [3.05, 3.63) is 59.2 Å². The number of thiophene rings is 1. The fraction of sp³-hybridized carbons (Fsp3) is 0.133. The normalized spacial score (nSPS) is 10.8. The van der Waals surface area contributed by atoms with Crippen molar-refractivity contribution in [1.82, 2.24) is 4.98 Å². The topological polar surface area (TPSA) is 48.1 Å². The van der Waals surface area contributed by atoms with Gasteiger partial charge in [-0.05, 0) is 35.2 Å². The Kier molecular flexibility index (Phi) is 3.44. The van der Waals surface area contributed by atoms with Gasteiger partial charge in [0.15, 0.2) is 0 Å². The number of aromatic nitrogens is 1. The van der Waals surface area contributed by atoms with E-state index in [1.165, 1.54) is 20.5 Å². The molecule has 96 valence electrons. The first-order valence-electron chi connectivity index (χ1n) is 6.10. The molecule has 0 radical (unpaired) electrons. The molecule has 19 heavy (non-hydrogen) atoms. The van der Waals surface area contributed by atoms with Crippen molar-refractivity contribution in [3.8, 4) is 5.75 Å². The van der Waals surface area contributed by atoms with Gasteiger partial charge in [0, 0.05) is 22.3 Å². The predicted octanol–water partition coefficient (Wildman–Crippen LogP) is 3.33. The van der Waals surface area contributed by atoms with E-state index in [1.807, 2.05) is 18.2 Å². The molecular weight excluding hydrogens is 256 g/mol. The highest BCUT2D eigenvalue weighted by Crippen LogP contribution is 2.29. The summed E-state index contributed by atoms with van der Waals surface area (Å²) in [6, 6.07) is 12.2. The summed E-state index contributed by atoms with van der Waals surface area (Å²) in [5.41, 5.74) is 6.94. The third-order valence-corrected chi connectivity index (χ3v) is 4.01. The van der Waals surface area contributed by atoms with Crippen LogP contribution in [0.15, 0.2) is 48.8 Å². The van der Waals surface area contributed by atoms with Crippen molar-refractivity contribution in [1.29, 1.82) is 0 Å². The lowest BCUT2D eigenvalue weighted by molar-refractivity contribution is 0.308. The minimum absolute atomic E-state index is 0.565. The molecule has 1 aromatic carbocycles. The SMILES string of the molecule is NCc1cccc2sc(COc3cccnc3)cc12. The lowest BCUT2D eigenvalue weighted by Crippen LogP contribution is -1.95. The highest BCUT2D eigenvalue weighted by Gasteiger charge is 2.05. The van der Waals surface area contributed by atoms with E-state index < -0.39 is 0 Å². The van der Waals surface area contributed by atoms with Crippen LogP contribution in [-0.4, -0.2) is 4.98 Å². The van der Waals surface area contributed by atoms with Crippen molar-refractivity contribution in [2.75, 3.05) is 0 Å². The van der Waals surface area contributed by atoms with Gasteiger partial charge in [-0.1, -0.05) is 12.1 Å². The van der Waals surface area contributed by atoms with Crippen LogP contribution in [0.25, 0.3) is 10.1 Å². The van der Waals surface area contributed by atoms with E-state index in [-0.39, 0.29) is 0 Å². The Morgan fingerprint density at radius 3 is 2.95 bits per heavy atom. The molecule has 0 atom stereocenters. The van der Waals surface area contributed by atoms with Crippen LogP contribution in [0.2, 0.25) is 0 Å². The van der Waals surface area contributed by atoms with Gasteiger partial charge in [-0.25, -0.2) is 0 Å². The largest absolute Gasteiger partial charge is 0.486 e. The minimum Gasteiger partial charge on any atom is -0.486 e. The zero-order valence-corrected chi connectivity index (χ0v) is 11.2. The zero-order chi connectivity index (χ0) is 13.1. The third-order valence-electron chi connectivity index (χ3n) is 2.94. The molecule has 0 unspecified atom stereocenters. The van der Waals surface area contributed by atoms with Crippen LogP contribution in [0.3, 0.4) is 0 Å². The summed E-state index contributed by atoms with van der Waals surface area (Å²) >= 11 is 1.75. The monoisotopic (exact) mass is 270 g/mol. The van der Waals surface area contributed by atoms with Crippen LogP contribution >= 0.6 is 11.3 Å². The Morgan fingerprint density at radius 1 is 1.21 bits per heavy atom. The Labute approximate surface area is 115 Å². The van der Waals surface area contributed by atoms with Gasteiger partial charge in [0.1, 0.15) is 12.4 Å². The number of ether oxygens (including phenoxy) is 1. The van der Waals surface area contributed by atoms with Gasteiger partial charge in [0.2, 0.25) is 0 Å². The standard InChI is InChI=1S/C15H14N2OS/c16-8-11-3-1-5-15-14(11)7-13(19-15)10-18-12-4-2-6-17-9-12/h1-7,9H,8,10,16H2. The summed E-state index contributed by atoms with van der Waals surface area (Å²) in [6.45, 7) is 1.13. The van der Waals surface area contributed by atoms with E-state index in [9.17, 15) is 0 Å². The number of nitrogens with two attached hydrogens (primary N) is 1. The molecule has 3 rings (SSSR count). The van der Waals surface area contributed by atoms with Crippen LogP contribution in [0, 0.1) is 0 Å². The molecule has 0 aliphatic heterocycles. The summed E-state index contributed by atoms with van der Waals surface area (Å²) in [7, 11) is 0. The van der Waals surface area contributed by atoms with Crippen LogP contribution in [0.4, 0.5) is 0 Å². The van der Waals surface area contributed by atoms with E-state index in [1.54, 1.807) is 23.7 Å². The molecule has 3 aromatic rings. The predicted molar refractivity (Wildman–Crippen MR) is 78.3 cm³/mol. The number of rotatable bonds is 4. The molecule has 0 saturated heterocycles. The second-order valence-corrected chi connectivity index (χ2v) is 5.39. The van der Waals surface area contributed by atoms with Crippen molar-refractivity contribution >= 4 is 21.4 Å². The molecule has 2 heterocycles. The molecule has 2 N–H and O–H groups in total. The number of fused-ring (bicyclic) bond motifs is 1. The molecule has 0 aliphatic rings. The van der Waals surface area contributed by atoms with Crippen molar-refractivity contribution < 1.29 is 4.74 Å². The average Bonchev–Trinajstić information content (AvgIpc) is 2.89. The molecule has 0 saturated carbocycles. The van der Waals surface area contributed by atoms with E-state index in [4.69, 9.17) is 10.5 Å². The first kappa shape index (κ1) is 12.1. The van der Waals surface area contributed by atoms with Crippen molar-refractivity contribution in [2.45, 2.75) is 13.2 Å². The lowest BCUT2D eigenvalue weighted by atomic mass is 10.1. The molecule has 0 bridgehead atoms. The fourth-order valence-electron chi connectivity index (χ4n) is 2.01. The van der Waals surface area contributed by atoms with Gasteiger partial charge < -0.3 is 10.5 Å². The molecule has 0 amide bonds. The summed E-state index contributed by atoms with van der Waals surface area (Å²) < 4.78 is 6.97. The molecule has 0 aliphatic carbocycles. The second-order valence-electron chi connectivity index (χ2n) is 4.22. The van der Waals surface area contributed by atoms with E-state index in [0.717, 1.165) is 5.75 Å². The number of pyridine rings is 1. The lowest BCUT2D eigenvalue weighted by Gasteiger charge is -2.02. The number of benzene rings is 1. The van der Waals surface area contributed by atoms with Crippen molar-refractivity contribution in [2.24, 2.45) is 5.73 Å². The molecule has 2 aromatic heterocycles.